The Balaban J connectivity index is 2.18. The topological polar surface area (TPSA) is 37.3 Å². The summed E-state index contributed by atoms with van der Waals surface area (Å²) in [5.74, 6) is 0.289. The smallest absolute Gasteiger partial charge is 0.185 e. The van der Waals surface area contributed by atoms with E-state index in [0.29, 0.717) is 11.3 Å². The third kappa shape index (κ3) is 3.76. The molecule has 0 heterocycles. The number of phenolic OH excluding ortho intramolecular Hbond substituents is 1. The maximum atomic E-state index is 12.1. The van der Waals surface area contributed by atoms with Crippen molar-refractivity contribution < 1.29 is 9.90 Å². The lowest BCUT2D eigenvalue weighted by atomic mass is 10.0. The molecule has 0 aliphatic heterocycles. The molecule has 0 atom stereocenters. The first kappa shape index (κ1) is 15.4. The number of carbonyl (C=O) groups excluding carboxylic acids is 1. The molecule has 0 aliphatic carbocycles. The van der Waals surface area contributed by atoms with Crippen molar-refractivity contribution in [3.8, 4) is 5.75 Å². The van der Waals surface area contributed by atoms with Gasteiger partial charge in [0.05, 0.1) is 0 Å². The molecule has 108 valence electrons. The molecule has 0 spiro atoms. The van der Waals surface area contributed by atoms with E-state index in [1.807, 2.05) is 56.5 Å². The summed E-state index contributed by atoms with van der Waals surface area (Å²) < 4.78 is 0. The van der Waals surface area contributed by atoms with E-state index in [4.69, 9.17) is 0 Å². The molecule has 0 amide bonds. The highest BCUT2D eigenvalue weighted by Gasteiger charge is 2.04. The Bertz CT molecular complexity index is 662. The zero-order chi connectivity index (χ0) is 15.4. The van der Waals surface area contributed by atoms with Crippen molar-refractivity contribution in [1.29, 1.82) is 0 Å². The highest BCUT2D eigenvalue weighted by molar-refractivity contribution is 7.98. The number of ketones is 1. The molecule has 0 aromatic heterocycles. The number of hydrogen-bond donors (Lipinski definition) is 1. The molecule has 0 unspecified atom stereocenters. The van der Waals surface area contributed by atoms with Crippen molar-refractivity contribution in [2.75, 3.05) is 6.26 Å². The Morgan fingerprint density at radius 2 is 1.67 bits per heavy atom. The molecule has 1 N–H and O–H groups in total. The fourth-order valence-corrected chi connectivity index (χ4v) is 2.52. The van der Waals surface area contributed by atoms with Gasteiger partial charge in [0.25, 0.3) is 0 Å². The normalized spacial score (nSPS) is 11.0. The van der Waals surface area contributed by atoms with Crippen LogP contribution < -0.4 is 0 Å². The van der Waals surface area contributed by atoms with Gasteiger partial charge in [0.15, 0.2) is 5.78 Å². The van der Waals surface area contributed by atoms with Crippen LogP contribution in [-0.2, 0) is 0 Å². The summed E-state index contributed by atoms with van der Waals surface area (Å²) in [6.07, 6.45) is 5.36. The number of aromatic hydroxyl groups is 1. The first-order valence-electron chi connectivity index (χ1n) is 6.68. The van der Waals surface area contributed by atoms with E-state index in [0.717, 1.165) is 21.6 Å². The van der Waals surface area contributed by atoms with Crippen molar-refractivity contribution >= 4 is 23.6 Å². The fourth-order valence-electron chi connectivity index (χ4n) is 2.11. The average Bonchev–Trinajstić information content (AvgIpc) is 2.50. The van der Waals surface area contributed by atoms with Crippen molar-refractivity contribution in [2.24, 2.45) is 0 Å². The van der Waals surface area contributed by atoms with E-state index in [1.54, 1.807) is 23.9 Å². The highest BCUT2D eigenvalue weighted by atomic mass is 32.2. The lowest BCUT2D eigenvalue weighted by Crippen LogP contribution is -1.93. The minimum absolute atomic E-state index is 0.0222. The largest absolute Gasteiger partial charge is 0.507 e. The Morgan fingerprint density at radius 3 is 2.19 bits per heavy atom. The summed E-state index contributed by atoms with van der Waals surface area (Å²) in [6, 6.07) is 11.3. The molecule has 2 aromatic rings. The molecule has 0 saturated carbocycles. The second kappa shape index (κ2) is 6.64. The number of allylic oxidation sites excluding steroid dienone is 1. The van der Waals surface area contributed by atoms with Gasteiger partial charge in [-0.1, -0.05) is 6.08 Å². The molecular weight excluding hydrogens is 280 g/mol. The minimum atomic E-state index is -0.0222. The summed E-state index contributed by atoms with van der Waals surface area (Å²) >= 11 is 1.65. The van der Waals surface area contributed by atoms with Gasteiger partial charge in [0.2, 0.25) is 0 Å². The van der Waals surface area contributed by atoms with Crippen molar-refractivity contribution in [3.63, 3.8) is 0 Å². The van der Waals surface area contributed by atoms with Crippen molar-refractivity contribution in [1.82, 2.24) is 0 Å². The quantitative estimate of drug-likeness (QED) is 0.508. The predicted molar refractivity (Wildman–Crippen MR) is 89.2 cm³/mol. The zero-order valence-electron chi connectivity index (χ0n) is 12.4. The van der Waals surface area contributed by atoms with E-state index >= 15 is 0 Å². The number of benzene rings is 2. The van der Waals surface area contributed by atoms with Gasteiger partial charge >= 0.3 is 0 Å². The van der Waals surface area contributed by atoms with E-state index in [-0.39, 0.29) is 5.78 Å². The molecular formula is C18H18O2S. The van der Waals surface area contributed by atoms with Crippen LogP contribution in [0.5, 0.6) is 5.75 Å². The van der Waals surface area contributed by atoms with Crippen LogP contribution in [0.25, 0.3) is 6.08 Å². The molecule has 0 saturated heterocycles. The third-order valence-corrected chi connectivity index (χ3v) is 4.06. The van der Waals surface area contributed by atoms with Crippen LogP contribution in [0.2, 0.25) is 0 Å². The minimum Gasteiger partial charge on any atom is -0.507 e. The van der Waals surface area contributed by atoms with Crippen molar-refractivity contribution in [2.45, 2.75) is 18.7 Å². The monoisotopic (exact) mass is 298 g/mol. The Kier molecular flexibility index (Phi) is 4.86. The number of carbonyl (C=O) groups is 1. The van der Waals surface area contributed by atoms with Gasteiger partial charge in [-0.2, -0.15) is 0 Å². The average molecular weight is 298 g/mol. The van der Waals surface area contributed by atoms with Crippen LogP contribution in [0.3, 0.4) is 0 Å². The van der Waals surface area contributed by atoms with Crippen LogP contribution in [0.4, 0.5) is 0 Å². The third-order valence-electron chi connectivity index (χ3n) is 3.32. The van der Waals surface area contributed by atoms with Crippen LogP contribution >= 0.6 is 11.8 Å². The zero-order valence-corrected chi connectivity index (χ0v) is 13.2. The van der Waals surface area contributed by atoms with E-state index < -0.39 is 0 Å². The number of rotatable bonds is 4. The van der Waals surface area contributed by atoms with Crippen LogP contribution in [0.1, 0.15) is 27.0 Å². The van der Waals surface area contributed by atoms with Gasteiger partial charge in [0, 0.05) is 10.5 Å². The Labute approximate surface area is 129 Å². The van der Waals surface area contributed by atoms with E-state index in [1.165, 1.54) is 0 Å². The summed E-state index contributed by atoms with van der Waals surface area (Å²) in [7, 11) is 0. The SMILES string of the molecule is CSc1ccc(C(=O)C=Cc2cc(C)c(O)c(C)c2)cc1. The first-order chi connectivity index (χ1) is 10.0. The first-order valence-corrected chi connectivity index (χ1v) is 7.90. The highest BCUT2D eigenvalue weighted by Crippen LogP contribution is 2.23. The van der Waals surface area contributed by atoms with Gasteiger partial charge in [0.1, 0.15) is 5.75 Å². The summed E-state index contributed by atoms with van der Waals surface area (Å²) in [4.78, 5) is 13.3. The number of aryl methyl sites for hydroxylation is 2. The molecule has 0 fully saturated rings. The van der Waals surface area contributed by atoms with Gasteiger partial charge < -0.3 is 5.11 Å². The van der Waals surface area contributed by atoms with Gasteiger partial charge in [-0.3, -0.25) is 4.79 Å². The molecule has 2 rings (SSSR count). The fraction of sp³-hybridized carbons (Fsp3) is 0.167. The molecule has 0 radical (unpaired) electrons. The standard InChI is InChI=1S/C18H18O2S/c1-12-10-14(11-13(2)18(12)20)4-9-17(19)15-5-7-16(21-3)8-6-15/h4-11,20H,1-3H3. The van der Waals surface area contributed by atoms with E-state index in [2.05, 4.69) is 0 Å². The second-order valence-electron chi connectivity index (χ2n) is 4.93. The van der Waals surface area contributed by atoms with Gasteiger partial charge in [-0.15, -0.1) is 11.8 Å². The van der Waals surface area contributed by atoms with E-state index in [9.17, 15) is 9.90 Å². The summed E-state index contributed by atoms with van der Waals surface area (Å²) in [5, 5.41) is 9.74. The molecule has 21 heavy (non-hydrogen) atoms. The Morgan fingerprint density at radius 1 is 1.10 bits per heavy atom. The van der Waals surface area contributed by atoms with Gasteiger partial charge in [-0.25, -0.2) is 0 Å². The lowest BCUT2D eigenvalue weighted by Gasteiger charge is -2.04. The second-order valence-corrected chi connectivity index (χ2v) is 5.81. The molecule has 0 aliphatic rings. The van der Waals surface area contributed by atoms with Crippen molar-refractivity contribution in [3.05, 3.63) is 64.7 Å². The van der Waals surface area contributed by atoms with Crippen LogP contribution in [-0.4, -0.2) is 17.1 Å². The summed E-state index contributed by atoms with van der Waals surface area (Å²) in [6.45, 7) is 3.70. The molecule has 3 heteroatoms. The number of hydrogen-bond acceptors (Lipinski definition) is 3. The maximum Gasteiger partial charge on any atom is 0.185 e. The summed E-state index contributed by atoms with van der Waals surface area (Å²) in [5.41, 5.74) is 3.21. The molecule has 0 bridgehead atoms. The maximum absolute atomic E-state index is 12.1. The lowest BCUT2D eigenvalue weighted by molar-refractivity contribution is 0.104. The van der Waals surface area contributed by atoms with Gasteiger partial charge in [-0.05, 0) is 79.3 Å². The Hall–Kier alpha value is -2.00. The predicted octanol–water partition coefficient (Wildman–Crippen LogP) is 4.63. The molecule has 2 aromatic carbocycles. The molecule has 2 nitrogen and oxygen atoms in total. The number of phenols is 1. The number of thioether (sulfide) groups is 1. The van der Waals surface area contributed by atoms with Crippen LogP contribution in [0.15, 0.2) is 47.4 Å². The van der Waals surface area contributed by atoms with Crippen LogP contribution in [0, 0.1) is 13.8 Å².